The summed E-state index contributed by atoms with van der Waals surface area (Å²) in [6.45, 7) is 4.25. The fourth-order valence-corrected chi connectivity index (χ4v) is 2.49. The van der Waals surface area contributed by atoms with Crippen molar-refractivity contribution in [2.45, 2.75) is 25.8 Å². The first-order chi connectivity index (χ1) is 8.59. The predicted octanol–water partition coefficient (Wildman–Crippen LogP) is 3.96. The Morgan fingerprint density at radius 2 is 1.83 bits per heavy atom. The SMILES string of the molecule is Cc1ccc(Br)cc1C(N)C(C)c1ccncc1. The van der Waals surface area contributed by atoms with E-state index in [0.717, 1.165) is 4.47 Å². The fraction of sp³-hybridized carbons (Fsp3) is 0.267. The maximum absolute atomic E-state index is 6.40. The van der Waals surface area contributed by atoms with Gasteiger partial charge in [-0.2, -0.15) is 0 Å². The number of aromatic nitrogens is 1. The summed E-state index contributed by atoms with van der Waals surface area (Å²) in [5, 5.41) is 0. The molecule has 1 heterocycles. The lowest BCUT2D eigenvalue weighted by Crippen LogP contribution is -2.18. The maximum atomic E-state index is 6.40. The second kappa shape index (κ2) is 5.63. The highest BCUT2D eigenvalue weighted by Crippen LogP contribution is 2.31. The second-order valence-electron chi connectivity index (χ2n) is 4.60. The number of pyridine rings is 1. The van der Waals surface area contributed by atoms with Gasteiger partial charge in [0, 0.05) is 28.8 Å². The smallest absolute Gasteiger partial charge is 0.0364 e. The minimum Gasteiger partial charge on any atom is -0.323 e. The highest BCUT2D eigenvalue weighted by molar-refractivity contribution is 9.10. The third-order valence-corrected chi connectivity index (χ3v) is 3.86. The minimum absolute atomic E-state index is 0.00935. The van der Waals surface area contributed by atoms with Crippen molar-refractivity contribution in [2.75, 3.05) is 0 Å². The summed E-state index contributed by atoms with van der Waals surface area (Å²) in [5.41, 5.74) is 10.0. The van der Waals surface area contributed by atoms with Crippen LogP contribution in [0.25, 0.3) is 0 Å². The normalized spacial score (nSPS) is 14.2. The number of hydrogen-bond donors (Lipinski definition) is 1. The zero-order chi connectivity index (χ0) is 13.1. The standard InChI is InChI=1S/C15H17BrN2/c1-10-3-4-13(16)9-14(10)15(17)11(2)12-5-7-18-8-6-12/h3-9,11,15H,17H2,1-2H3. The van der Waals surface area contributed by atoms with E-state index in [1.54, 1.807) is 0 Å². The average molecular weight is 305 g/mol. The van der Waals surface area contributed by atoms with Gasteiger partial charge in [-0.3, -0.25) is 4.98 Å². The van der Waals surface area contributed by atoms with Gasteiger partial charge in [-0.1, -0.05) is 28.9 Å². The minimum atomic E-state index is -0.00935. The molecule has 0 bridgehead atoms. The Bertz CT molecular complexity index is 525. The van der Waals surface area contributed by atoms with Crippen molar-refractivity contribution in [1.29, 1.82) is 0 Å². The Hall–Kier alpha value is -1.19. The zero-order valence-corrected chi connectivity index (χ0v) is 12.2. The van der Waals surface area contributed by atoms with Crippen molar-refractivity contribution in [3.8, 4) is 0 Å². The van der Waals surface area contributed by atoms with Crippen molar-refractivity contribution < 1.29 is 0 Å². The lowest BCUT2D eigenvalue weighted by molar-refractivity contribution is 0.594. The van der Waals surface area contributed by atoms with Gasteiger partial charge >= 0.3 is 0 Å². The van der Waals surface area contributed by atoms with Gasteiger partial charge < -0.3 is 5.73 Å². The topological polar surface area (TPSA) is 38.9 Å². The van der Waals surface area contributed by atoms with Crippen LogP contribution in [0.5, 0.6) is 0 Å². The van der Waals surface area contributed by atoms with E-state index in [1.807, 2.05) is 30.6 Å². The lowest BCUT2D eigenvalue weighted by atomic mass is 9.88. The van der Waals surface area contributed by atoms with Crippen LogP contribution in [-0.2, 0) is 0 Å². The number of rotatable bonds is 3. The van der Waals surface area contributed by atoms with Crippen molar-refractivity contribution in [3.05, 3.63) is 63.9 Å². The molecule has 0 radical (unpaired) electrons. The van der Waals surface area contributed by atoms with E-state index >= 15 is 0 Å². The van der Waals surface area contributed by atoms with Gasteiger partial charge in [0.15, 0.2) is 0 Å². The zero-order valence-electron chi connectivity index (χ0n) is 10.6. The molecule has 2 atom stereocenters. The van der Waals surface area contributed by atoms with Crippen molar-refractivity contribution in [3.63, 3.8) is 0 Å². The van der Waals surface area contributed by atoms with Crippen LogP contribution in [-0.4, -0.2) is 4.98 Å². The third kappa shape index (κ3) is 2.79. The first kappa shape index (κ1) is 13.2. The Morgan fingerprint density at radius 3 is 2.50 bits per heavy atom. The molecule has 0 amide bonds. The van der Waals surface area contributed by atoms with Crippen LogP contribution in [0.4, 0.5) is 0 Å². The van der Waals surface area contributed by atoms with Crippen LogP contribution < -0.4 is 5.73 Å². The molecule has 0 saturated heterocycles. The summed E-state index contributed by atoms with van der Waals surface area (Å²) >= 11 is 3.50. The first-order valence-electron chi connectivity index (χ1n) is 6.01. The Balaban J connectivity index is 2.31. The maximum Gasteiger partial charge on any atom is 0.0364 e. The molecule has 2 unspecified atom stereocenters. The van der Waals surface area contributed by atoms with E-state index in [9.17, 15) is 0 Å². The first-order valence-corrected chi connectivity index (χ1v) is 6.80. The Labute approximate surface area is 116 Å². The van der Waals surface area contributed by atoms with E-state index in [4.69, 9.17) is 5.73 Å². The summed E-state index contributed by atoms with van der Waals surface area (Å²) in [5.74, 6) is 0.265. The molecule has 0 aliphatic carbocycles. The van der Waals surface area contributed by atoms with Crippen LogP contribution >= 0.6 is 15.9 Å². The van der Waals surface area contributed by atoms with Gasteiger partial charge in [-0.05, 0) is 47.9 Å². The summed E-state index contributed by atoms with van der Waals surface area (Å²) in [6, 6.07) is 10.3. The number of halogens is 1. The highest BCUT2D eigenvalue weighted by atomic mass is 79.9. The van der Waals surface area contributed by atoms with Crippen molar-refractivity contribution >= 4 is 15.9 Å². The summed E-state index contributed by atoms with van der Waals surface area (Å²) < 4.78 is 1.07. The molecule has 0 aliphatic rings. The molecule has 1 aromatic heterocycles. The van der Waals surface area contributed by atoms with Crippen LogP contribution in [0.3, 0.4) is 0 Å². The number of benzene rings is 1. The van der Waals surface area contributed by atoms with Crippen LogP contribution in [0.1, 0.15) is 35.6 Å². The predicted molar refractivity (Wildman–Crippen MR) is 78.5 cm³/mol. The van der Waals surface area contributed by atoms with E-state index in [-0.39, 0.29) is 12.0 Å². The Kier molecular flexibility index (Phi) is 4.15. The van der Waals surface area contributed by atoms with E-state index in [0.29, 0.717) is 0 Å². The van der Waals surface area contributed by atoms with Crippen molar-refractivity contribution in [2.24, 2.45) is 5.73 Å². The van der Waals surface area contributed by atoms with Gasteiger partial charge in [0.25, 0.3) is 0 Å². The molecular weight excluding hydrogens is 288 g/mol. The number of nitrogens with zero attached hydrogens (tertiary/aromatic N) is 1. The molecule has 2 aromatic rings. The van der Waals surface area contributed by atoms with E-state index < -0.39 is 0 Å². The van der Waals surface area contributed by atoms with Gasteiger partial charge in [0.1, 0.15) is 0 Å². The lowest BCUT2D eigenvalue weighted by Gasteiger charge is -2.22. The molecule has 2 rings (SSSR count). The van der Waals surface area contributed by atoms with Crippen LogP contribution in [0.2, 0.25) is 0 Å². The molecule has 3 heteroatoms. The summed E-state index contributed by atoms with van der Waals surface area (Å²) in [6.07, 6.45) is 3.62. The molecule has 0 spiro atoms. The Morgan fingerprint density at radius 1 is 1.17 bits per heavy atom. The van der Waals surface area contributed by atoms with Crippen molar-refractivity contribution in [1.82, 2.24) is 4.98 Å². The van der Waals surface area contributed by atoms with Gasteiger partial charge in [-0.15, -0.1) is 0 Å². The van der Waals surface area contributed by atoms with Gasteiger partial charge in [0.05, 0.1) is 0 Å². The molecule has 1 aromatic carbocycles. The molecule has 2 N–H and O–H groups in total. The molecule has 0 aliphatic heterocycles. The number of hydrogen-bond acceptors (Lipinski definition) is 2. The fourth-order valence-electron chi connectivity index (χ4n) is 2.11. The quantitative estimate of drug-likeness (QED) is 0.932. The monoisotopic (exact) mass is 304 g/mol. The third-order valence-electron chi connectivity index (χ3n) is 3.37. The number of nitrogens with two attached hydrogens (primary N) is 1. The second-order valence-corrected chi connectivity index (χ2v) is 5.51. The largest absolute Gasteiger partial charge is 0.323 e. The molecule has 0 saturated carbocycles. The van der Waals surface area contributed by atoms with Crippen LogP contribution in [0, 0.1) is 6.92 Å². The average Bonchev–Trinajstić information content (AvgIpc) is 2.41. The van der Waals surface area contributed by atoms with E-state index in [2.05, 4.69) is 46.9 Å². The van der Waals surface area contributed by atoms with Gasteiger partial charge in [0.2, 0.25) is 0 Å². The molecular formula is C15H17BrN2. The molecule has 2 nitrogen and oxygen atoms in total. The summed E-state index contributed by atoms with van der Waals surface area (Å²) in [7, 11) is 0. The molecule has 94 valence electrons. The summed E-state index contributed by atoms with van der Waals surface area (Å²) in [4.78, 5) is 4.04. The van der Waals surface area contributed by atoms with E-state index in [1.165, 1.54) is 16.7 Å². The van der Waals surface area contributed by atoms with Gasteiger partial charge in [-0.25, -0.2) is 0 Å². The number of aryl methyl sites for hydroxylation is 1. The highest BCUT2D eigenvalue weighted by Gasteiger charge is 2.18. The molecule has 18 heavy (non-hydrogen) atoms. The molecule has 0 fully saturated rings. The van der Waals surface area contributed by atoms with Crippen LogP contribution in [0.15, 0.2) is 47.2 Å².